The van der Waals surface area contributed by atoms with Crippen LogP contribution in [0.4, 0.5) is 0 Å². The minimum atomic E-state index is -0.115. The summed E-state index contributed by atoms with van der Waals surface area (Å²) < 4.78 is 5.47. The van der Waals surface area contributed by atoms with E-state index in [1.165, 1.54) is 38.5 Å². The Bertz CT molecular complexity index is 233. The highest BCUT2D eigenvalue weighted by Crippen LogP contribution is 2.23. The predicted molar refractivity (Wildman–Crippen MR) is 74.2 cm³/mol. The maximum absolute atomic E-state index is 11.9. The van der Waals surface area contributed by atoms with Gasteiger partial charge in [0.05, 0.1) is 12.5 Å². The summed E-state index contributed by atoms with van der Waals surface area (Å²) in [5, 5.41) is 0. The standard InChI is InChI=1S/C15H29NO2/c1-12(2)9-14(10-16)15(17)18-11-13-7-5-3-4-6-8-13/h12-14H,3-11,16H2,1-2H3. The fourth-order valence-electron chi connectivity index (χ4n) is 2.71. The van der Waals surface area contributed by atoms with Gasteiger partial charge in [-0.25, -0.2) is 0 Å². The Kier molecular flexibility index (Phi) is 7.33. The lowest BCUT2D eigenvalue weighted by molar-refractivity contribution is -0.150. The first kappa shape index (κ1) is 15.5. The minimum absolute atomic E-state index is 0.0875. The van der Waals surface area contributed by atoms with E-state index in [0.29, 0.717) is 25.0 Å². The SMILES string of the molecule is CC(C)CC(CN)C(=O)OCC1CCCCCC1. The molecule has 0 radical (unpaired) electrons. The molecule has 0 amide bonds. The van der Waals surface area contributed by atoms with Gasteiger partial charge in [0.1, 0.15) is 0 Å². The van der Waals surface area contributed by atoms with Gasteiger partial charge in [0, 0.05) is 6.54 Å². The molecule has 0 bridgehead atoms. The van der Waals surface area contributed by atoms with Gasteiger partial charge in [0.2, 0.25) is 0 Å². The van der Waals surface area contributed by atoms with Crippen molar-refractivity contribution in [2.75, 3.05) is 13.2 Å². The number of hydrogen-bond acceptors (Lipinski definition) is 3. The zero-order valence-electron chi connectivity index (χ0n) is 12.0. The third-order valence-electron chi connectivity index (χ3n) is 3.81. The fraction of sp³-hybridized carbons (Fsp3) is 0.933. The first-order valence-electron chi connectivity index (χ1n) is 7.50. The average molecular weight is 255 g/mol. The van der Waals surface area contributed by atoms with Crippen LogP contribution >= 0.6 is 0 Å². The van der Waals surface area contributed by atoms with Crippen molar-refractivity contribution in [3.05, 3.63) is 0 Å². The van der Waals surface area contributed by atoms with Crippen LogP contribution in [0.2, 0.25) is 0 Å². The zero-order valence-corrected chi connectivity index (χ0v) is 12.0. The van der Waals surface area contributed by atoms with Gasteiger partial charge in [-0.15, -0.1) is 0 Å². The Morgan fingerprint density at radius 2 is 1.83 bits per heavy atom. The Morgan fingerprint density at radius 3 is 2.33 bits per heavy atom. The van der Waals surface area contributed by atoms with Crippen LogP contribution in [0, 0.1) is 17.8 Å². The lowest BCUT2D eigenvalue weighted by Crippen LogP contribution is -2.28. The monoisotopic (exact) mass is 255 g/mol. The number of esters is 1. The number of hydrogen-bond donors (Lipinski definition) is 1. The van der Waals surface area contributed by atoms with E-state index in [1.54, 1.807) is 0 Å². The second-order valence-electron chi connectivity index (χ2n) is 6.05. The number of carbonyl (C=O) groups excluding carboxylic acids is 1. The highest BCUT2D eigenvalue weighted by Gasteiger charge is 2.21. The van der Waals surface area contributed by atoms with E-state index in [-0.39, 0.29) is 11.9 Å². The first-order chi connectivity index (χ1) is 8.63. The summed E-state index contributed by atoms with van der Waals surface area (Å²) in [6, 6.07) is 0. The molecule has 1 aliphatic rings. The maximum atomic E-state index is 11.9. The number of carbonyl (C=O) groups is 1. The van der Waals surface area contributed by atoms with Crippen molar-refractivity contribution in [2.24, 2.45) is 23.5 Å². The van der Waals surface area contributed by atoms with Gasteiger partial charge in [-0.1, -0.05) is 39.5 Å². The van der Waals surface area contributed by atoms with E-state index < -0.39 is 0 Å². The molecular weight excluding hydrogens is 226 g/mol. The van der Waals surface area contributed by atoms with Crippen molar-refractivity contribution in [3.63, 3.8) is 0 Å². The Labute approximate surface area is 111 Å². The molecule has 1 saturated carbocycles. The van der Waals surface area contributed by atoms with Crippen molar-refractivity contribution in [2.45, 2.75) is 58.8 Å². The molecular formula is C15H29NO2. The maximum Gasteiger partial charge on any atom is 0.310 e. The van der Waals surface area contributed by atoms with E-state index >= 15 is 0 Å². The van der Waals surface area contributed by atoms with Crippen LogP contribution in [0.15, 0.2) is 0 Å². The smallest absolute Gasteiger partial charge is 0.310 e. The van der Waals surface area contributed by atoms with Gasteiger partial charge in [0.15, 0.2) is 0 Å². The van der Waals surface area contributed by atoms with Crippen LogP contribution in [-0.4, -0.2) is 19.1 Å². The summed E-state index contributed by atoms with van der Waals surface area (Å²) in [5.74, 6) is 0.865. The molecule has 3 heteroatoms. The summed E-state index contributed by atoms with van der Waals surface area (Å²) in [6.07, 6.45) is 8.50. The van der Waals surface area contributed by atoms with Crippen molar-refractivity contribution < 1.29 is 9.53 Å². The first-order valence-corrected chi connectivity index (χ1v) is 7.50. The van der Waals surface area contributed by atoms with Crippen LogP contribution in [-0.2, 0) is 9.53 Å². The molecule has 0 heterocycles. The summed E-state index contributed by atoms with van der Waals surface area (Å²) in [6.45, 7) is 5.23. The summed E-state index contributed by atoms with van der Waals surface area (Å²) >= 11 is 0. The normalized spacial score (nSPS) is 19.6. The molecule has 0 aromatic heterocycles. The molecule has 0 spiro atoms. The topological polar surface area (TPSA) is 52.3 Å². The molecule has 1 aliphatic carbocycles. The van der Waals surface area contributed by atoms with Gasteiger partial charge >= 0.3 is 5.97 Å². The third kappa shape index (κ3) is 5.85. The largest absolute Gasteiger partial charge is 0.465 e. The third-order valence-corrected chi connectivity index (χ3v) is 3.81. The number of rotatable bonds is 6. The lowest BCUT2D eigenvalue weighted by atomic mass is 9.97. The molecule has 1 unspecified atom stereocenters. The van der Waals surface area contributed by atoms with Crippen LogP contribution in [0.25, 0.3) is 0 Å². The van der Waals surface area contributed by atoms with Crippen molar-refractivity contribution in [1.82, 2.24) is 0 Å². The predicted octanol–water partition coefficient (Wildman–Crippen LogP) is 3.12. The van der Waals surface area contributed by atoms with E-state index in [0.717, 1.165) is 6.42 Å². The molecule has 106 valence electrons. The van der Waals surface area contributed by atoms with Crippen molar-refractivity contribution in [1.29, 1.82) is 0 Å². The summed E-state index contributed by atoms with van der Waals surface area (Å²) in [4.78, 5) is 11.9. The molecule has 0 aliphatic heterocycles. The van der Waals surface area contributed by atoms with Crippen LogP contribution < -0.4 is 5.73 Å². The molecule has 0 saturated heterocycles. The van der Waals surface area contributed by atoms with Gasteiger partial charge in [0.25, 0.3) is 0 Å². The molecule has 0 aromatic carbocycles. The van der Waals surface area contributed by atoms with E-state index in [1.807, 2.05) is 0 Å². The lowest BCUT2D eigenvalue weighted by Gasteiger charge is -2.19. The van der Waals surface area contributed by atoms with E-state index in [9.17, 15) is 4.79 Å². The van der Waals surface area contributed by atoms with Gasteiger partial charge in [-0.05, 0) is 31.1 Å². The number of nitrogens with two attached hydrogens (primary N) is 1. The average Bonchev–Trinajstić information content (AvgIpc) is 2.61. The van der Waals surface area contributed by atoms with Crippen molar-refractivity contribution in [3.8, 4) is 0 Å². The fourth-order valence-corrected chi connectivity index (χ4v) is 2.71. The Hall–Kier alpha value is -0.570. The molecule has 1 rings (SSSR count). The molecule has 1 fully saturated rings. The van der Waals surface area contributed by atoms with Crippen molar-refractivity contribution >= 4 is 5.97 Å². The van der Waals surface area contributed by atoms with E-state index in [4.69, 9.17) is 10.5 Å². The molecule has 1 atom stereocenters. The van der Waals surface area contributed by atoms with Crippen LogP contribution in [0.1, 0.15) is 58.8 Å². The molecule has 0 aromatic rings. The zero-order chi connectivity index (χ0) is 13.4. The van der Waals surface area contributed by atoms with Crippen LogP contribution in [0.3, 0.4) is 0 Å². The van der Waals surface area contributed by atoms with Gasteiger partial charge in [-0.3, -0.25) is 4.79 Å². The Morgan fingerprint density at radius 1 is 1.22 bits per heavy atom. The highest BCUT2D eigenvalue weighted by atomic mass is 16.5. The van der Waals surface area contributed by atoms with Gasteiger partial charge < -0.3 is 10.5 Å². The summed E-state index contributed by atoms with van der Waals surface area (Å²) in [5.41, 5.74) is 5.65. The summed E-state index contributed by atoms with van der Waals surface area (Å²) in [7, 11) is 0. The van der Waals surface area contributed by atoms with Crippen LogP contribution in [0.5, 0.6) is 0 Å². The minimum Gasteiger partial charge on any atom is -0.465 e. The quantitative estimate of drug-likeness (QED) is 0.586. The molecule has 3 nitrogen and oxygen atoms in total. The second kappa shape index (κ2) is 8.52. The highest BCUT2D eigenvalue weighted by molar-refractivity contribution is 5.72. The Balaban J connectivity index is 2.29. The molecule has 2 N–H and O–H groups in total. The molecule has 18 heavy (non-hydrogen) atoms. The second-order valence-corrected chi connectivity index (χ2v) is 6.05. The number of ether oxygens (including phenoxy) is 1. The van der Waals surface area contributed by atoms with Gasteiger partial charge in [-0.2, -0.15) is 0 Å². The van der Waals surface area contributed by atoms with E-state index in [2.05, 4.69) is 13.8 Å².